The average molecular weight is 313 g/mol. The van der Waals surface area contributed by atoms with Crippen LogP contribution in [0.5, 0.6) is 0 Å². The Balaban J connectivity index is 2.63. The third kappa shape index (κ3) is 1.97. The van der Waals surface area contributed by atoms with E-state index in [-0.39, 0.29) is 5.69 Å². The van der Waals surface area contributed by atoms with Gasteiger partial charge in [0.1, 0.15) is 0 Å². The van der Waals surface area contributed by atoms with Crippen molar-refractivity contribution in [2.24, 2.45) is 0 Å². The lowest BCUT2D eigenvalue weighted by atomic mass is 10.1. The Morgan fingerprint density at radius 3 is 1.81 bits per heavy atom. The van der Waals surface area contributed by atoms with Gasteiger partial charge in [0.2, 0.25) is 0 Å². The maximum Gasteiger partial charge on any atom is 0.335 e. The van der Waals surface area contributed by atoms with E-state index in [0.717, 1.165) is 18.2 Å². The van der Waals surface area contributed by atoms with Gasteiger partial charge in [0.05, 0.1) is 16.8 Å². The number of carbonyl (C=O) groups excluding carboxylic acids is 1. The van der Waals surface area contributed by atoms with E-state index in [2.05, 4.69) is 0 Å². The van der Waals surface area contributed by atoms with E-state index in [4.69, 9.17) is 10.2 Å². The summed E-state index contributed by atoms with van der Waals surface area (Å²) in [6, 6.07) is 2.77. The summed E-state index contributed by atoms with van der Waals surface area (Å²) in [4.78, 5) is 33.9. The molecule has 0 aromatic heterocycles. The van der Waals surface area contributed by atoms with Gasteiger partial charge in [0, 0.05) is 0 Å². The zero-order valence-corrected chi connectivity index (χ0v) is 11.8. The average Bonchev–Trinajstić information content (AvgIpc) is 2.37. The smallest absolute Gasteiger partial charge is 0.335 e. The Morgan fingerprint density at radius 1 is 1.05 bits per heavy atom. The summed E-state index contributed by atoms with van der Waals surface area (Å²) in [5.74, 6) is -3.60. The molecule has 112 valence electrons. The van der Waals surface area contributed by atoms with Gasteiger partial charge in [-0.05, 0) is 32.0 Å². The molecule has 0 aliphatic carbocycles. The second kappa shape index (κ2) is 4.29. The minimum Gasteiger partial charge on any atom is -0.478 e. The van der Waals surface area contributed by atoms with E-state index in [0.29, 0.717) is 4.31 Å². The van der Waals surface area contributed by atoms with E-state index >= 15 is 0 Å². The van der Waals surface area contributed by atoms with E-state index in [1.165, 1.54) is 13.8 Å². The van der Waals surface area contributed by atoms with Crippen LogP contribution in [0.2, 0.25) is 0 Å². The first-order chi connectivity index (χ1) is 9.50. The largest absolute Gasteiger partial charge is 0.478 e. The van der Waals surface area contributed by atoms with Crippen molar-refractivity contribution in [2.45, 2.75) is 18.6 Å². The molecule has 1 aliphatic rings. The van der Waals surface area contributed by atoms with E-state index in [1.54, 1.807) is 0 Å². The number of carboxylic acid groups (broad SMARTS) is 2. The molecule has 2 rings (SSSR count). The predicted octanol–water partition coefficient (Wildman–Crippen LogP) is 0.538. The van der Waals surface area contributed by atoms with Crippen LogP contribution in [-0.4, -0.2) is 41.2 Å². The summed E-state index contributed by atoms with van der Waals surface area (Å²) in [5.41, 5.74) is -1.13. The number of carboxylic acids is 2. The normalized spacial score (nSPS) is 19.0. The lowest BCUT2D eigenvalue weighted by Gasteiger charge is -2.42. The molecular formula is C12H11NO7S. The van der Waals surface area contributed by atoms with Crippen LogP contribution in [0.25, 0.3) is 0 Å². The quantitative estimate of drug-likeness (QED) is 0.833. The molecule has 1 fully saturated rings. The maximum atomic E-state index is 12.1. The Hall–Kier alpha value is -2.42. The second-order valence-electron chi connectivity index (χ2n) is 4.96. The van der Waals surface area contributed by atoms with E-state index in [9.17, 15) is 22.8 Å². The van der Waals surface area contributed by atoms with Crippen LogP contribution >= 0.6 is 0 Å². The van der Waals surface area contributed by atoms with Gasteiger partial charge in [-0.15, -0.1) is 0 Å². The van der Waals surface area contributed by atoms with Gasteiger partial charge < -0.3 is 10.2 Å². The Labute approximate surface area is 119 Å². The zero-order chi connectivity index (χ0) is 16.2. The molecule has 0 radical (unpaired) electrons. The van der Waals surface area contributed by atoms with Crippen LogP contribution in [0.3, 0.4) is 0 Å². The highest BCUT2D eigenvalue weighted by Crippen LogP contribution is 2.39. The SMILES string of the molecule is CC1(C)C(=O)N(c2cc(C(=O)O)cc(C(=O)O)c2)S1(=O)=O. The van der Waals surface area contributed by atoms with Gasteiger partial charge in [-0.25, -0.2) is 22.3 Å². The fraction of sp³-hybridized carbons (Fsp3) is 0.250. The number of rotatable bonds is 3. The van der Waals surface area contributed by atoms with Crippen molar-refractivity contribution >= 4 is 33.6 Å². The van der Waals surface area contributed by atoms with Crippen LogP contribution in [0.15, 0.2) is 18.2 Å². The van der Waals surface area contributed by atoms with Crippen molar-refractivity contribution in [3.63, 3.8) is 0 Å². The van der Waals surface area contributed by atoms with Crippen molar-refractivity contribution in [3.8, 4) is 0 Å². The number of sulfonamides is 1. The molecule has 0 saturated carbocycles. The molecule has 9 heteroatoms. The Bertz CT molecular complexity index is 747. The first kappa shape index (κ1) is 15.0. The lowest BCUT2D eigenvalue weighted by molar-refractivity contribution is -0.120. The number of carbonyl (C=O) groups is 3. The van der Waals surface area contributed by atoms with Crippen molar-refractivity contribution in [3.05, 3.63) is 29.3 Å². The Kier molecular flexibility index (Phi) is 3.06. The monoisotopic (exact) mass is 313 g/mol. The van der Waals surface area contributed by atoms with Crippen molar-refractivity contribution < 1.29 is 33.0 Å². The fourth-order valence-electron chi connectivity index (χ4n) is 1.88. The topological polar surface area (TPSA) is 129 Å². The molecule has 1 heterocycles. The summed E-state index contributed by atoms with van der Waals surface area (Å²) in [7, 11) is -3.99. The third-order valence-electron chi connectivity index (χ3n) is 3.23. The molecular weight excluding hydrogens is 302 g/mol. The van der Waals surface area contributed by atoms with Crippen LogP contribution in [0, 0.1) is 0 Å². The maximum absolute atomic E-state index is 12.1. The molecule has 1 saturated heterocycles. The third-order valence-corrected chi connectivity index (χ3v) is 5.55. The van der Waals surface area contributed by atoms with Crippen molar-refractivity contribution in [2.75, 3.05) is 4.31 Å². The highest BCUT2D eigenvalue weighted by molar-refractivity contribution is 7.98. The molecule has 8 nitrogen and oxygen atoms in total. The number of aromatic carboxylic acids is 2. The number of nitrogens with zero attached hydrogens (tertiary/aromatic N) is 1. The molecule has 1 aliphatic heterocycles. The molecule has 1 amide bonds. The standard InChI is InChI=1S/C12H11NO7S/c1-12(2)11(18)13(21(12,19)20)8-4-6(9(14)15)3-7(5-8)10(16)17/h3-5H,1-2H3,(H,14,15)(H,16,17). The van der Waals surface area contributed by atoms with Crippen LogP contribution in [0.4, 0.5) is 5.69 Å². The molecule has 1 aromatic carbocycles. The van der Waals surface area contributed by atoms with Crippen LogP contribution in [-0.2, 0) is 14.8 Å². The van der Waals surface area contributed by atoms with Gasteiger partial charge in [-0.2, -0.15) is 0 Å². The van der Waals surface area contributed by atoms with E-state index in [1.807, 2.05) is 0 Å². The zero-order valence-electron chi connectivity index (χ0n) is 11.0. The molecule has 0 atom stereocenters. The van der Waals surface area contributed by atoms with Crippen LogP contribution in [0.1, 0.15) is 34.6 Å². The van der Waals surface area contributed by atoms with Gasteiger partial charge in [0.15, 0.2) is 4.75 Å². The summed E-state index contributed by atoms with van der Waals surface area (Å²) >= 11 is 0. The summed E-state index contributed by atoms with van der Waals surface area (Å²) in [6.07, 6.45) is 0. The Morgan fingerprint density at radius 2 is 1.48 bits per heavy atom. The predicted molar refractivity (Wildman–Crippen MR) is 70.8 cm³/mol. The van der Waals surface area contributed by atoms with Gasteiger partial charge in [0.25, 0.3) is 15.9 Å². The molecule has 0 unspecified atom stereocenters. The minimum atomic E-state index is -3.99. The molecule has 0 bridgehead atoms. The summed E-state index contributed by atoms with van der Waals surface area (Å²) in [6.45, 7) is 2.45. The number of anilines is 1. The second-order valence-corrected chi connectivity index (χ2v) is 7.30. The molecule has 21 heavy (non-hydrogen) atoms. The first-order valence-electron chi connectivity index (χ1n) is 5.71. The van der Waals surface area contributed by atoms with Crippen LogP contribution < -0.4 is 4.31 Å². The highest BCUT2D eigenvalue weighted by Gasteiger charge is 2.61. The minimum absolute atomic E-state index is 0.295. The van der Waals surface area contributed by atoms with Crippen molar-refractivity contribution in [1.29, 1.82) is 0 Å². The fourth-order valence-corrected chi connectivity index (χ4v) is 3.35. The van der Waals surface area contributed by atoms with Crippen molar-refractivity contribution in [1.82, 2.24) is 0 Å². The molecule has 0 spiro atoms. The highest BCUT2D eigenvalue weighted by atomic mass is 32.2. The lowest BCUT2D eigenvalue weighted by Crippen LogP contribution is -2.67. The number of amides is 1. The number of benzene rings is 1. The summed E-state index contributed by atoms with van der Waals surface area (Å²) in [5, 5.41) is 17.9. The number of hydrogen-bond acceptors (Lipinski definition) is 5. The van der Waals surface area contributed by atoms with Gasteiger partial charge >= 0.3 is 11.9 Å². The summed E-state index contributed by atoms with van der Waals surface area (Å²) < 4.78 is 22.9. The van der Waals surface area contributed by atoms with Gasteiger partial charge in [-0.1, -0.05) is 0 Å². The van der Waals surface area contributed by atoms with Gasteiger partial charge in [-0.3, -0.25) is 4.79 Å². The molecule has 1 aromatic rings. The molecule has 2 N–H and O–H groups in total. The number of hydrogen-bond donors (Lipinski definition) is 2. The first-order valence-corrected chi connectivity index (χ1v) is 7.15. The van der Waals surface area contributed by atoms with E-state index < -0.39 is 43.7 Å².